The van der Waals surface area contributed by atoms with Crippen LogP contribution in [-0.2, 0) is 6.54 Å². The highest BCUT2D eigenvalue weighted by Gasteiger charge is 2.14. The van der Waals surface area contributed by atoms with Crippen molar-refractivity contribution in [2.45, 2.75) is 13.5 Å². The molecule has 0 bridgehead atoms. The Bertz CT molecular complexity index is 507. The summed E-state index contributed by atoms with van der Waals surface area (Å²) in [5.74, 6) is 0.138. The van der Waals surface area contributed by atoms with Gasteiger partial charge in [0.15, 0.2) is 5.69 Å². The second-order valence-electron chi connectivity index (χ2n) is 3.56. The van der Waals surface area contributed by atoms with Crippen LogP contribution in [0.2, 0.25) is 0 Å². The Morgan fingerprint density at radius 2 is 2.00 bits per heavy atom. The lowest BCUT2D eigenvalue weighted by Crippen LogP contribution is -3.00. The Hall–Kier alpha value is -0.520. The monoisotopic (exact) mass is 375 g/mol. The molecule has 0 radical (unpaired) electrons. The van der Waals surface area contributed by atoms with Gasteiger partial charge in [0.25, 0.3) is 0 Å². The lowest BCUT2D eigenvalue weighted by molar-refractivity contribution is -0.684. The number of Topliss-reactive ketones (excluding diaryl/α,β-unsaturated/α-hetero) is 1. The maximum absolute atomic E-state index is 11.9. The Kier molecular flexibility index (Phi) is 5.49. The Morgan fingerprint density at radius 3 is 2.53 bits per heavy atom. The van der Waals surface area contributed by atoms with Gasteiger partial charge in [0.05, 0.1) is 5.38 Å². The number of aromatic nitrogens is 1. The van der Waals surface area contributed by atoms with Crippen LogP contribution >= 0.6 is 27.3 Å². The zero-order valence-electron chi connectivity index (χ0n) is 9.19. The van der Waals surface area contributed by atoms with Crippen molar-refractivity contribution in [1.29, 1.82) is 0 Å². The van der Waals surface area contributed by atoms with E-state index in [4.69, 9.17) is 0 Å². The first kappa shape index (κ1) is 14.5. The summed E-state index contributed by atoms with van der Waals surface area (Å²) in [5, 5.41) is 2.04. The molecule has 90 valence electrons. The molecule has 0 atom stereocenters. The fourth-order valence-electron chi connectivity index (χ4n) is 1.40. The first-order chi connectivity index (χ1) is 7.66. The average Bonchev–Trinajstić information content (AvgIpc) is 2.65. The van der Waals surface area contributed by atoms with Gasteiger partial charge in [0.2, 0.25) is 17.8 Å². The van der Waals surface area contributed by atoms with Gasteiger partial charge in [-0.3, -0.25) is 4.79 Å². The van der Waals surface area contributed by atoms with Gasteiger partial charge in [-0.1, -0.05) is 39.4 Å². The quantitative estimate of drug-likeness (QED) is 0.545. The fourth-order valence-corrected chi connectivity index (χ4v) is 2.44. The van der Waals surface area contributed by atoms with Crippen LogP contribution in [0.5, 0.6) is 0 Å². The van der Waals surface area contributed by atoms with Crippen LogP contribution in [0.25, 0.3) is 0 Å². The summed E-state index contributed by atoms with van der Waals surface area (Å²) in [4.78, 5) is 11.9. The zero-order chi connectivity index (χ0) is 11.5. The molecular formula is C12H11Br2NOS. The minimum Gasteiger partial charge on any atom is -1.00 e. The van der Waals surface area contributed by atoms with E-state index in [2.05, 4.69) is 15.9 Å². The summed E-state index contributed by atoms with van der Waals surface area (Å²) in [5.41, 5.74) is 3.84. The molecule has 0 aliphatic rings. The third-order valence-electron chi connectivity index (χ3n) is 2.36. The largest absolute Gasteiger partial charge is 1.00 e. The van der Waals surface area contributed by atoms with E-state index in [1.54, 1.807) is 11.3 Å². The highest BCUT2D eigenvalue weighted by molar-refractivity contribution is 9.10. The maximum Gasteiger partial charge on any atom is 0.227 e. The highest BCUT2D eigenvalue weighted by atomic mass is 79.9. The SMILES string of the molecule is Cc1csc[n+]1CC(=O)c1ccc(Br)cc1.[Br-]. The molecule has 1 heterocycles. The topological polar surface area (TPSA) is 20.9 Å². The molecule has 1 aromatic heterocycles. The van der Waals surface area contributed by atoms with Crippen molar-refractivity contribution in [3.8, 4) is 0 Å². The van der Waals surface area contributed by atoms with Crippen molar-refractivity contribution < 1.29 is 26.3 Å². The van der Waals surface area contributed by atoms with Crippen LogP contribution in [0.4, 0.5) is 0 Å². The number of hydrogen-bond acceptors (Lipinski definition) is 2. The fraction of sp³-hybridized carbons (Fsp3) is 0.167. The molecule has 2 nitrogen and oxygen atoms in total. The van der Waals surface area contributed by atoms with Gasteiger partial charge in [0.1, 0.15) is 0 Å². The van der Waals surface area contributed by atoms with E-state index in [1.807, 2.05) is 46.6 Å². The molecule has 0 saturated heterocycles. The Morgan fingerprint density at radius 1 is 1.35 bits per heavy atom. The Labute approximate surface area is 123 Å². The van der Waals surface area contributed by atoms with E-state index in [1.165, 1.54) is 0 Å². The number of carbonyl (C=O) groups excluding carboxylic acids is 1. The summed E-state index contributed by atoms with van der Waals surface area (Å²) < 4.78 is 2.96. The average molecular weight is 377 g/mol. The highest BCUT2D eigenvalue weighted by Crippen LogP contribution is 2.11. The van der Waals surface area contributed by atoms with E-state index in [-0.39, 0.29) is 22.8 Å². The van der Waals surface area contributed by atoms with Crippen LogP contribution in [-0.4, -0.2) is 5.78 Å². The van der Waals surface area contributed by atoms with Crippen LogP contribution < -0.4 is 21.5 Å². The lowest BCUT2D eigenvalue weighted by Gasteiger charge is -1.97. The maximum atomic E-state index is 11.9. The van der Waals surface area contributed by atoms with Crippen LogP contribution in [0.1, 0.15) is 16.1 Å². The number of halogens is 2. The number of thiazole rings is 1. The van der Waals surface area contributed by atoms with E-state index in [0.29, 0.717) is 6.54 Å². The van der Waals surface area contributed by atoms with Crippen molar-refractivity contribution in [3.63, 3.8) is 0 Å². The van der Waals surface area contributed by atoms with Gasteiger partial charge in [0, 0.05) is 17.0 Å². The molecule has 5 heteroatoms. The van der Waals surface area contributed by atoms with E-state index in [9.17, 15) is 4.79 Å². The summed E-state index contributed by atoms with van der Waals surface area (Å²) in [7, 11) is 0. The summed E-state index contributed by atoms with van der Waals surface area (Å²) >= 11 is 4.96. The van der Waals surface area contributed by atoms with E-state index in [0.717, 1.165) is 15.7 Å². The normalized spacial score (nSPS) is 9.76. The van der Waals surface area contributed by atoms with E-state index < -0.39 is 0 Å². The van der Waals surface area contributed by atoms with Gasteiger partial charge in [-0.2, -0.15) is 4.57 Å². The molecule has 0 aliphatic carbocycles. The van der Waals surface area contributed by atoms with Crippen LogP contribution in [0, 0.1) is 6.92 Å². The molecule has 0 saturated carbocycles. The molecule has 17 heavy (non-hydrogen) atoms. The predicted molar refractivity (Wildman–Crippen MR) is 67.7 cm³/mol. The molecule has 0 spiro atoms. The Balaban J connectivity index is 0.00000144. The van der Waals surface area contributed by atoms with Gasteiger partial charge < -0.3 is 17.0 Å². The number of ketones is 1. The lowest BCUT2D eigenvalue weighted by atomic mass is 10.1. The standard InChI is InChI=1S/C12H11BrNOS.BrH/c1-9-7-16-8-14(9)6-12(15)10-2-4-11(13)5-3-10;/h2-5,7-8H,6H2,1H3;1H/q+1;/p-1. The minimum absolute atomic E-state index is 0. The molecule has 1 aromatic carbocycles. The molecule has 0 fully saturated rings. The van der Waals surface area contributed by atoms with Gasteiger partial charge in [-0.15, -0.1) is 0 Å². The molecular weight excluding hydrogens is 366 g/mol. The molecule has 0 N–H and O–H groups in total. The minimum atomic E-state index is 0. The molecule has 2 aromatic rings. The van der Waals surface area contributed by atoms with Crippen molar-refractivity contribution in [2.24, 2.45) is 0 Å². The van der Waals surface area contributed by atoms with E-state index >= 15 is 0 Å². The smallest absolute Gasteiger partial charge is 0.227 e. The number of hydrogen-bond donors (Lipinski definition) is 0. The number of aryl methyl sites for hydroxylation is 1. The number of rotatable bonds is 3. The van der Waals surface area contributed by atoms with Gasteiger partial charge in [-0.05, 0) is 12.1 Å². The number of carbonyl (C=O) groups is 1. The molecule has 0 unspecified atom stereocenters. The second-order valence-corrected chi connectivity index (χ2v) is 5.19. The summed E-state index contributed by atoms with van der Waals surface area (Å²) in [6, 6.07) is 7.46. The third kappa shape index (κ3) is 3.72. The van der Waals surface area contributed by atoms with Gasteiger partial charge in [-0.25, -0.2) is 0 Å². The molecule has 2 rings (SSSR count). The van der Waals surface area contributed by atoms with Crippen molar-refractivity contribution in [3.05, 3.63) is 50.9 Å². The molecule has 0 aliphatic heterocycles. The van der Waals surface area contributed by atoms with Gasteiger partial charge >= 0.3 is 0 Å². The van der Waals surface area contributed by atoms with Crippen molar-refractivity contribution in [1.82, 2.24) is 0 Å². The molecule has 0 amide bonds. The van der Waals surface area contributed by atoms with Crippen molar-refractivity contribution in [2.75, 3.05) is 0 Å². The number of nitrogens with zero attached hydrogens (tertiary/aromatic N) is 1. The number of benzene rings is 1. The zero-order valence-corrected chi connectivity index (χ0v) is 13.2. The van der Waals surface area contributed by atoms with Crippen LogP contribution in [0.3, 0.4) is 0 Å². The van der Waals surface area contributed by atoms with Crippen molar-refractivity contribution >= 4 is 33.0 Å². The predicted octanol–water partition coefficient (Wildman–Crippen LogP) is -0.00658. The first-order valence-electron chi connectivity index (χ1n) is 4.88. The first-order valence-corrected chi connectivity index (χ1v) is 6.61. The second kappa shape index (κ2) is 6.42. The third-order valence-corrected chi connectivity index (χ3v) is 3.74. The summed E-state index contributed by atoms with van der Waals surface area (Å²) in [6.45, 7) is 2.42. The van der Waals surface area contributed by atoms with Crippen LogP contribution in [0.15, 0.2) is 39.6 Å². The summed E-state index contributed by atoms with van der Waals surface area (Å²) in [6.07, 6.45) is 0.